The van der Waals surface area contributed by atoms with Gasteiger partial charge in [0.05, 0.1) is 24.8 Å². The molecule has 1 aliphatic rings. The molecule has 0 aromatic heterocycles. The van der Waals surface area contributed by atoms with Crippen LogP contribution in [-0.2, 0) is 10.9 Å². The Bertz CT molecular complexity index is 535. The zero-order valence-electron chi connectivity index (χ0n) is 10.8. The Balaban J connectivity index is 2.31. The Morgan fingerprint density at radius 2 is 2.14 bits per heavy atom. The van der Waals surface area contributed by atoms with Gasteiger partial charge < -0.3 is 9.64 Å². The molecule has 0 saturated carbocycles. The molecule has 116 valence electrons. The number of hydrogen-bond donors (Lipinski definition) is 0. The van der Waals surface area contributed by atoms with Crippen LogP contribution >= 0.6 is 15.9 Å². The van der Waals surface area contributed by atoms with Crippen molar-refractivity contribution in [3.63, 3.8) is 0 Å². The van der Waals surface area contributed by atoms with Crippen molar-refractivity contribution in [1.82, 2.24) is 4.90 Å². The standard InChI is InChI=1S/C13H12BrF4NO2/c14-6-9-7-21-4-3-19(9)12(20)8-1-2-11(15)10(5-8)13(16,17)18/h1-2,5,9H,3-4,6-7H2. The maximum atomic E-state index is 13.2. The van der Waals surface area contributed by atoms with Crippen molar-refractivity contribution in [2.45, 2.75) is 12.2 Å². The fourth-order valence-electron chi connectivity index (χ4n) is 2.09. The molecule has 1 saturated heterocycles. The van der Waals surface area contributed by atoms with Crippen LogP contribution in [0.5, 0.6) is 0 Å². The van der Waals surface area contributed by atoms with Crippen molar-refractivity contribution in [3.05, 3.63) is 35.1 Å². The van der Waals surface area contributed by atoms with Crippen molar-refractivity contribution in [3.8, 4) is 0 Å². The summed E-state index contributed by atoms with van der Waals surface area (Å²) in [4.78, 5) is 13.8. The van der Waals surface area contributed by atoms with E-state index in [1.807, 2.05) is 0 Å². The van der Waals surface area contributed by atoms with E-state index in [1.54, 1.807) is 0 Å². The van der Waals surface area contributed by atoms with Crippen molar-refractivity contribution in [1.29, 1.82) is 0 Å². The third-order valence-electron chi connectivity index (χ3n) is 3.19. The molecule has 1 unspecified atom stereocenters. The number of benzene rings is 1. The number of carbonyl (C=O) groups is 1. The third-order valence-corrected chi connectivity index (χ3v) is 3.93. The van der Waals surface area contributed by atoms with Crippen molar-refractivity contribution in [2.24, 2.45) is 0 Å². The van der Waals surface area contributed by atoms with Crippen molar-refractivity contribution >= 4 is 21.8 Å². The summed E-state index contributed by atoms with van der Waals surface area (Å²) < 4.78 is 56.5. The first-order valence-corrected chi connectivity index (χ1v) is 7.28. The predicted molar refractivity (Wildman–Crippen MR) is 70.8 cm³/mol. The van der Waals surface area contributed by atoms with Crippen LogP contribution in [0.15, 0.2) is 18.2 Å². The predicted octanol–water partition coefficient (Wildman–Crippen LogP) is 3.08. The van der Waals surface area contributed by atoms with Crippen LogP contribution in [0.1, 0.15) is 15.9 Å². The number of alkyl halides is 4. The van der Waals surface area contributed by atoms with Gasteiger partial charge in [0.1, 0.15) is 5.82 Å². The van der Waals surface area contributed by atoms with E-state index in [0.717, 1.165) is 6.07 Å². The lowest BCUT2D eigenvalue weighted by Crippen LogP contribution is -2.49. The van der Waals surface area contributed by atoms with Gasteiger partial charge in [-0.15, -0.1) is 0 Å². The van der Waals surface area contributed by atoms with Crippen LogP contribution in [0.3, 0.4) is 0 Å². The summed E-state index contributed by atoms with van der Waals surface area (Å²) in [5.74, 6) is -1.95. The molecule has 21 heavy (non-hydrogen) atoms. The zero-order valence-corrected chi connectivity index (χ0v) is 12.4. The average Bonchev–Trinajstić information content (AvgIpc) is 2.45. The van der Waals surface area contributed by atoms with Gasteiger partial charge in [-0.1, -0.05) is 15.9 Å². The van der Waals surface area contributed by atoms with Crippen LogP contribution in [0, 0.1) is 5.82 Å². The number of halogens is 5. The van der Waals surface area contributed by atoms with Crippen LogP contribution in [-0.4, -0.2) is 41.9 Å². The number of rotatable bonds is 2. The Kier molecular flexibility index (Phi) is 4.88. The monoisotopic (exact) mass is 369 g/mol. The highest BCUT2D eigenvalue weighted by Gasteiger charge is 2.35. The van der Waals surface area contributed by atoms with E-state index < -0.39 is 23.5 Å². The highest BCUT2D eigenvalue weighted by molar-refractivity contribution is 9.09. The molecule has 1 amide bonds. The molecule has 0 bridgehead atoms. The first-order chi connectivity index (χ1) is 9.84. The number of nitrogens with zero attached hydrogens (tertiary/aromatic N) is 1. The smallest absolute Gasteiger partial charge is 0.377 e. The maximum Gasteiger partial charge on any atom is 0.419 e. The number of ether oxygens (including phenoxy) is 1. The maximum absolute atomic E-state index is 13.2. The van der Waals surface area contributed by atoms with Gasteiger partial charge in [0, 0.05) is 17.4 Å². The SMILES string of the molecule is O=C(c1ccc(F)c(C(F)(F)F)c1)N1CCOCC1CBr. The van der Waals surface area contributed by atoms with E-state index in [0.29, 0.717) is 30.7 Å². The Morgan fingerprint density at radius 1 is 1.43 bits per heavy atom. The van der Waals surface area contributed by atoms with E-state index in [1.165, 1.54) is 4.90 Å². The molecule has 1 aromatic rings. The molecule has 2 rings (SSSR count). The second-order valence-corrected chi connectivity index (χ2v) is 5.22. The normalized spacial score (nSPS) is 19.7. The van der Waals surface area contributed by atoms with Gasteiger partial charge in [0.2, 0.25) is 0 Å². The first-order valence-electron chi connectivity index (χ1n) is 6.16. The van der Waals surface area contributed by atoms with E-state index >= 15 is 0 Å². The lowest BCUT2D eigenvalue weighted by molar-refractivity contribution is -0.140. The van der Waals surface area contributed by atoms with Gasteiger partial charge in [0.25, 0.3) is 5.91 Å². The number of hydrogen-bond acceptors (Lipinski definition) is 2. The molecule has 1 fully saturated rings. The Morgan fingerprint density at radius 3 is 2.76 bits per heavy atom. The molecule has 0 radical (unpaired) electrons. The number of carbonyl (C=O) groups excluding carboxylic acids is 1. The highest BCUT2D eigenvalue weighted by atomic mass is 79.9. The first kappa shape index (κ1) is 16.2. The number of morpholine rings is 1. The molecule has 0 spiro atoms. The summed E-state index contributed by atoms with van der Waals surface area (Å²) in [6, 6.07) is 2.02. The molecule has 1 aromatic carbocycles. The Hall–Kier alpha value is -1.15. The molecular weight excluding hydrogens is 358 g/mol. The summed E-state index contributed by atoms with van der Waals surface area (Å²) in [6.07, 6.45) is -4.83. The third kappa shape index (κ3) is 3.55. The Labute approximate surface area is 127 Å². The highest BCUT2D eigenvalue weighted by Crippen LogP contribution is 2.32. The molecular formula is C13H12BrF4NO2. The van der Waals surface area contributed by atoms with Gasteiger partial charge in [-0.05, 0) is 18.2 Å². The lowest BCUT2D eigenvalue weighted by atomic mass is 10.1. The summed E-state index contributed by atoms with van der Waals surface area (Å²) >= 11 is 3.24. The van der Waals surface area contributed by atoms with Gasteiger partial charge in [-0.25, -0.2) is 4.39 Å². The molecule has 3 nitrogen and oxygen atoms in total. The van der Waals surface area contributed by atoms with Gasteiger partial charge >= 0.3 is 6.18 Å². The molecule has 1 atom stereocenters. The second kappa shape index (κ2) is 6.31. The molecule has 1 heterocycles. The summed E-state index contributed by atoms with van der Waals surface area (Å²) in [6.45, 7) is 0.917. The van der Waals surface area contributed by atoms with Gasteiger partial charge in [-0.2, -0.15) is 13.2 Å². The van der Waals surface area contributed by atoms with E-state index in [2.05, 4.69) is 15.9 Å². The summed E-state index contributed by atoms with van der Waals surface area (Å²) in [7, 11) is 0. The van der Waals surface area contributed by atoms with Gasteiger partial charge in [-0.3, -0.25) is 4.79 Å². The fourth-order valence-corrected chi connectivity index (χ4v) is 2.63. The quantitative estimate of drug-likeness (QED) is 0.592. The van der Waals surface area contributed by atoms with Gasteiger partial charge in [0.15, 0.2) is 0 Å². The minimum absolute atomic E-state index is 0.184. The minimum Gasteiger partial charge on any atom is -0.377 e. The summed E-state index contributed by atoms with van der Waals surface area (Å²) in [5.41, 5.74) is -1.62. The molecule has 0 N–H and O–H groups in total. The van der Waals surface area contributed by atoms with Crippen LogP contribution in [0.4, 0.5) is 17.6 Å². The average molecular weight is 370 g/mol. The van der Waals surface area contributed by atoms with E-state index in [-0.39, 0.29) is 18.2 Å². The van der Waals surface area contributed by atoms with E-state index in [4.69, 9.17) is 4.74 Å². The van der Waals surface area contributed by atoms with E-state index in [9.17, 15) is 22.4 Å². The minimum atomic E-state index is -4.83. The van der Waals surface area contributed by atoms with Crippen molar-refractivity contribution < 1.29 is 27.1 Å². The van der Waals surface area contributed by atoms with Crippen LogP contribution < -0.4 is 0 Å². The topological polar surface area (TPSA) is 29.5 Å². The van der Waals surface area contributed by atoms with Crippen LogP contribution in [0.25, 0.3) is 0 Å². The zero-order chi connectivity index (χ0) is 15.6. The van der Waals surface area contributed by atoms with Crippen molar-refractivity contribution in [2.75, 3.05) is 25.1 Å². The fraction of sp³-hybridized carbons (Fsp3) is 0.462. The lowest BCUT2D eigenvalue weighted by Gasteiger charge is -2.34. The number of amides is 1. The van der Waals surface area contributed by atoms with Crippen LogP contribution in [0.2, 0.25) is 0 Å². The largest absolute Gasteiger partial charge is 0.419 e. The second-order valence-electron chi connectivity index (χ2n) is 4.57. The molecule has 1 aliphatic heterocycles. The molecule has 8 heteroatoms. The molecule has 0 aliphatic carbocycles. The summed E-state index contributed by atoms with van der Waals surface area (Å²) in [5, 5.41) is 0.450.